The molecule has 2 amide bonds. The van der Waals surface area contributed by atoms with E-state index in [1.165, 1.54) is 5.56 Å². The molecule has 0 spiro atoms. The topological polar surface area (TPSA) is 82.9 Å². The number of fused-ring (bicyclic) bond motifs is 1. The van der Waals surface area contributed by atoms with Crippen LogP contribution in [0.3, 0.4) is 0 Å². The van der Waals surface area contributed by atoms with E-state index in [-0.39, 0.29) is 22.3 Å². The highest BCUT2D eigenvalue weighted by molar-refractivity contribution is 8.15. The molecular weight excluding hydrogens is 477 g/mol. The van der Waals surface area contributed by atoms with Gasteiger partial charge in [0.25, 0.3) is 0 Å². The Hall–Kier alpha value is -2.85. The molecule has 4 rings (SSSR count). The molecular formula is C22H18ClF3N4O2S. The second-order valence-corrected chi connectivity index (χ2v) is 9.10. The van der Waals surface area contributed by atoms with Crippen molar-refractivity contribution in [2.24, 2.45) is 10.2 Å². The number of rotatable bonds is 4. The predicted octanol–water partition coefficient (Wildman–Crippen LogP) is 5.02. The average molecular weight is 495 g/mol. The lowest BCUT2D eigenvalue weighted by molar-refractivity contribution is -0.137. The van der Waals surface area contributed by atoms with Gasteiger partial charge in [-0.05, 0) is 43.0 Å². The van der Waals surface area contributed by atoms with Crippen LogP contribution < -0.4 is 10.6 Å². The Bertz CT molecular complexity index is 1170. The minimum absolute atomic E-state index is 0.0364. The van der Waals surface area contributed by atoms with Gasteiger partial charge in [-0.3, -0.25) is 9.59 Å². The van der Waals surface area contributed by atoms with E-state index in [1.54, 1.807) is 0 Å². The molecule has 1 unspecified atom stereocenters. The van der Waals surface area contributed by atoms with Gasteiger partial charge < -0.3 is 10.6 Å². The summed E-state index contributed by atoms with van der Waals surface area (Å²) in [4.78, 5) is 24.6. The van der Waals surface area contributed by atoms with Crippen molar-refractivity contribution in [1.29, 1.82) is 0 Å². The van der Waals surface area contributed by atoms with Crippen LogP contribution in [0.25, 0.3) is 0 Å². The van der Waals surface area contributed by atoms with Crippen LogP contribution in [0.1, 0.15) is 36.0 Å². The van der Waals surface area contributed by atoms with Crippen molar-refractivity contribution < 1.29 is 22.8 Å². The number of anilines is 1. The van der Waals surface area contributed by atoms with Gasteiger partial charge in [-0.2, -0.15) is 18.3 Å². The SMILES string of the molecule is O=C(CC1S/C(=N\N=C2/CCCc3ccccc32)NC1=O)Nc1cc(C(F)(F)F)ccc1Cl. The van der Waals surface area contributed by atoms with E-state index in [2.05, 4.69) is 26.9 Å². The first-order chi connectivity index (χ1) is 15.7. The zero-order valence-corrected chi connectivity index (χ0v) is 18.7. The number of hydrogen-bond donors (Lipinski definition) is 2. The van der Waals surface area contributed by atoms with Crippen LogP contribution in [0.4, 0.5) is 18.9 Å². The van der Waals surface area contributed by atoms with Crippen molar-refractivity contribution in [2.75, 3.05) is 5.32 Å². The van der Waals surface area contributed by atoms with Crippen LogP contribution in [0.15, 0.2) is 52.7 Å². The van der Waals surface area contributed by atoms with Gasteiger partial charge in [-0.1, -0.05) is 47.6 Å². The first-order valence-electron chi connectivity index (χ1n) is 10.1. The second-order valence-electron chi connectivity index (χ2n) is 7.50. The average Bonchev–Trinajstić information content (AvgIpc) is 3.12. The van der Waals surface area contributed by atoms with Crippen molar-refractivity contribution >= 4 is 51.7 Å². The Morgan fingerprint density at radius 3 is 2.76 bits per heavy atom. The lowest BCUT2D eigenvalue weighted by atomic mass is 9.90. The summed E-state index contributed by atoms with van der Waals surface area (Å²) < 4.78 is 38.7. The van der Waals surface area contributed by atoms with Gasteiger partial charge in [0, 0.05) is 12.0 Å². The molecule has 2 aromatic carbocycles. The van der Waals surface area contributed by atoms with Crippen molar-refractivity contribution in [3.8, 4) is 0 Å². The van der Waals surface area contributed by atoms with Gasteiger partial charge in [0.05, 0.1) is 22.0 Å². The number of nitrogens with one attached hydrogen (secondary N) is 2. The highest BCUT2D eigenvalue weighted by Crippen LogP contribution is 2.34. The van der Waals surface area contributed by atoms with Gasteiger partial charge in [0.15, 0.2) is 5.17 Å². The Kier molecular flexibility index (Phi) is 6.76. The monoisotopic (exact) mass is 494 g/mol. The molecule has 1 aliphatic heterocycles. The first kappa shape index (κ1) is 23.3. The van der Waals surface area contributed by atoms with E-state index in [1.807, 2.05) is 18.2 Å². The van der Waals surface area contributed by atoms with E-state index in [0.29, 0.717) is 0 Å². The highest BCUT2D eigenvalue weighted by Gasteiger charge is 2.33. The quantitative estimate of drug-likeness (QED) is 0.586. The van der Waals surface area contributed by atoms with Crippen LogP contribution in [-0.2, 0) is 22.2 Å². The van der Waals surface area contributed by atoms with E-state index in [4.69, 9.17) is 11.6 Å². The largest absolute Gasteiger partial charge is 0.416 e. The number of hydrogen-bond acceptors (Lipinski definition) is 5. The third-order valence-electron chi connectivity index (χ3n) is 5.16. The number of alkyl halides is 3. The molecule has 1 fully saturated rings. The third kappa shape index (κ3) is 5.56. The van der Waals surface area contributed by atoms with Crippen LogP contribution in [-0.4, -0.2) is 27.9 Å². The number of thioether (sulfide) groups is 1. The summed E-state index contributed by atoms with van der Waals surface area (Å²) in [5.41, 5.74) is 1.97. The minimum Gasteiger partial charge on any atom is -0.325 e. The molecule has 1 atom stereocenters. The van der Waals surface area contributed by atoms with E-state index >= 15 is 0 Å². The van der Waals surface area contributed by atoms with Gasteiger partial charge in [0.2, 0.25) is 11.8 Å². The highest BCUT2D eigenvalue weighted by atomic mass is 35.5. The number of aryl methyl sites for hydroxylation is 1. The molecule has 33 heavy (non-hydrogen) atoms. The molecule has 2 aliphatic rings. The maximum Gasteiger partial charge on any atom is 0.416 e. The molecule has 0 saturated carbocycles. The summed E-state index contributed by atoms with van der Waals surface area (Å²) in [6.07, 6.45) is -2.13. The van der Waals surface area contributed by atoms with Crippen LogP contribution in [0.2, 0.25) is 5.02 Å². The molecule has 2 aromatic rings. The molecule has 2 N–H and O–H groups in total. The standard InChI is InChI=1S/C22H18ClF3N4O2S/c23-15-9-8-13(22(24,25)26)10-17(15)27-19(31)11-18-20(32)28-21(33-18)30-29-16-7-3-5-12-4-1-2-6-14(12)16/h1-2,4,6,8-10,18H,3,5,7,11H2,(H,27,31)(H,28,30,32)/b29-16+. The first-order valence-corrected chi connectivity index (χ1v) is 11.3. The molecule has 0 aromatic heterocycles. The fourth-order valence-corrected chi connectivity index (χ4v) is 4.65. The predicted molar refractivity (Wildman–Crippen MR) is 123 cm³/mol. The molecule has 1 saturated heterocycles. The van der Waals surface area contributed by atoms with Crippen molar-refractivity contribution in [3.63, 3.8) is 0 Å². The number of amidine groups is 1. The number of halogens is 4. The number of amides is 2. The van der Waals surface area contributed by atoms with Crippen LogP contribution >= 0.6 is 23.4 Å². The maximum absolute atomic E-state index is 12.9. The van der Waals surface area contributed by atoms with E-state index in [0.717, 1.165) is 60.5 Å². The molecule has 0 radical (unpaired) electrons. The summed E-state index contributed by atoms with van der Waals surface area (Å²) in [5, 5.41) is 12.8. The number of carbonyl (C=O) groups excluding carboxylic acids is 2. The molecule has 6 nitrogen and oxygen atoms in total. The normalized spacial score (nSPS) is 20.6. The third-order valence-corrected chi connectivity index (χ3v) is 6.57. The van der Waals surface area contributed by atoms with Crippen molar-refractivity contribution in [1.82, 2.24) is 5.32 Å². The zero-order valence-electron chi connectivity index (χ0n) is 17.1. The summed E-state index contributed by atoms with van der Waals surface area (Å²) in [6, 6.07) is 10.6. The zero-order chi connectivity index (χ0) is 23.6. The fraction of sp³-hybridized carbons (Fsp3) is 0.273. The van der Waals surface area contributed by atoms with Gasteiger partial charge in [-0.25, -0.2) is 0 Å². The maximum atomic E-state index is 12.9. The Morgan fingerprint density at radius 2 is 1.97 bits per heavy atom. The minimum atomic E-state index is -4.57. The smallest absolute Gasteiger partial charge is 0.325 e. The lowest BCUT2D eigenvalue weighted by Gasteiger charge is -2.16. The van der Waals surface area contributed by atoms with Crippen LogP contribution in [0, 0.1) is 0 Å². The van der Waals surface area contributed by atoms with Gasteiger partial charge in [0.1, 0.15) is 5.25 Å². The van der Waals surface area contributed by atoms with E-state index in [9.17, 15) is 22.8 Å². The molecule has 0 bridgehead atoms. The molecule has 172 valence electrons. The lowest BCUT2D eigenvalue weighted by Crippen LogP contribution is -2.28. The Balaban J connectivity index is 1.41. The summed E-state index contributed by atoms with van der Waals surface area (Å²) in [5.74, 6) is -1.06. The fourth-order valence-electron chi connectivity index (χ4n) is 3.56. The number of benzene rings is 2. The van der Waals surface area contributed by atoms with Crippen molar-refractivity contribution in [3.05, 3.63) is 64.2 Å². The molecule has 11 heteroatoms. The summed E-state index contributed by atoms with van der Waals surface area (Å²) in [6.45, 7) is 0. The second kappa shape index (κ2) is 9.56. The summed E-state index contributed by atoms with van der Waals surface area (Å²) in [7, 11) is 0. The van der Waals surface area contributed by atoms with Gasteiger partial charge >= 0.3 is 6.18 Å². The summed E-state index contributed by atoms with van der Waals surface area (Å²) >= 11 is 6.96. The van der Waals surface area contributed by atoms with Crippen molar-refractivity contribution in [2.45, 2.75) is 37.1 Å². The Morgan fingerprint density at radius 1 is 1.18 bits per heavy atom. The van der Waals surface area contributed by atoms with Crippen LogP contribution in [0.5, 0.6) is 0 Å². The molecule has 1 aliphatic carbocycles. The number of carbonyl (C=O) groups is 2. The number of nitrogens with zero attached hydrogens (tertiary/aromatic N) is 2. The Labute approximate surface area is 196 Å². The van der Waals surface area contributed by atoms with E-state index < -0.39 is 28.8 Å². The van der Waals surface area contributed by atoms with Gasteiger partial charge in [-0.15, -0.1) is 5.10 Å². The molecule has 1 heterocycles.